The third-order valence-electron chi connectivity index (χ3n) is 4.64. The van der Waals surface area contributed by atoms with Crippen molar-refractivity contribution in [1.82, 2.24) is 14.9 Å². The Kier molecular flexibility index (Phi) is 6.57. The third-order valence-corrected chi connectivity index (χ3v) is 5.47. The molecule has 0 atom stereocenters. The Balaban J connectivity index is 1.47. The highest BCUT2D eigenvalue weighted by molar-refractivity contribution is 9.10. The van der Waals surface area contributed by atoms with Gasteiger partial charge in [0.05, 0.1) is 16.6 Å². The first-order valence-corrected chi connectivity index (χ1v) is 10.7. The molecule has 2 heterocycles. The molecule has 0 bridgehead atoms. The Hall–Kier alpha value is -3.17. The topological polar surface area (TPSA) is 82.2 Å². The molecule has 32 heavy (non-hydrogen) atoms. The number of nitrogens with one attached hydrogen (secondary N) is 1. The van der Waals surface area contributed by atoms with Gasteiger partial charge < -0.3 is 14.6 Å². The number of carbonyl (C=O) groups excluding carboxylic acids is 1. The fourth-order valence-electron chi connectivity index (χ4n) is 2.96. The number of nitrogens with zero attached hydrogens (tertiary/aromatic N) is 3. The molecule has 0 aliphatic rings. The Morgan fingerprint density at radius 1 is 1.25 bits per heavy atom. The third kappa shape index (κ3) is 5.00. The van der Waals surface area contributed by atoms with Crippen molar-refractivity contribution in [3.8, 4) is 5.75 Å². The van der Waals surface area contributed by atoms with Gasteiger partial charge in [0.25, 0.3) is 5.91 Å². The highest BCUT2D eigenvalue weighted by Gasteiger charge is 2.22. The van der Waals surface area contributed by atoms with E-state index in [2.05, 4.69) is 31.5 Å². The maximum Gasteiger partial charge on any atom is 0.279 e. The van der Waals surface area contributed by atoms with Crippen LogP contribution in [-0.4, -0.2) is 20.8 Å². The van der Waals surface area contributed by atoms with Crippen LogP contribution >= 0.6 is 27.5 Å². The Labute approximate surface area is 196 Å². The van der Waals surface area contributed by atoms with Crippen LogP contribution < -0.4 is 10.1 Å². The molecule has 0 radical (unpaired) electrons. The second-order valence-electron chi connectivity index (χ2n) is 6.88. The molecule has 164 valence electrons. The summed E-state index contributed by atoms with van der Waals surface area (Å²) in [5.41, 5.74) is 1.08. The van der Waals surface area contributed by atoms with Crippen LogP contribution in [0.3, 0.4) is 0 Å². The van der Waals surface area contributed by atoms with E-state index in [1.807, 2.05) is 0 Å². The molecular formula is C22H17BrClFN4O3. The molecule has 0 fully saturated rings. The second kappa shape index (κ2) is 9.54. The number of benzene rings is 2. The van der Waals surface area contributed by atoms with E-state index in [4.69, 9.17) is 20.9 Å². The van der Waals surface area contributed by atoms with Gasteiger partial charge in [0.15, 0.2) is 11.5 Å². The van der Waals surface area contributed by atoms with E-state index < -0.39 is 5.91 Å². The van der Waals surface area contributed by atoms with Gasteiger partial charge in [-0.15, -0.1) is 0 Å². The Morgan fingerprint density at radius 2 is 2.00 bits per heavy atom. The summed E-state index contributed by atoms with van der Waals surface area (Å²) in [5, 5.41) is 11.5. The number of rotatable bonds is 7. The van der Waals surface area contributed by atoms with Crippen molar-refractivity contribution in [3.05, 3.63) is 92.6 Å². The summed E-state index contributed by atoms with van der Waals surface area (Å²) in [5.74, 6) is 0.502. The molecule has 0 saturated carbocycles. The summed E-state index contributed by atoms with van der Waals surface area (Å²) in [6, 6.07) is 13.3. The molecular weight excluding hydrogens is 503 g/mol. The van der Waals surface area contributed by atoms with E-state index in [1.165, 1.54) is 10.7 Å². The van der Waals surface area contributed by atoms with E-state index in [0.29, 0.717) is 32.1 Å². The van der Waals surface area contributed by atoms with Gasteiger partial charge in [-0.05, 0) is 53.2 Å². The fourth-order valence-corrected chi connectivity index (χ4v) is 3.50. The normalized spacial score (nSPS) is 10.9. The highest BCUT2D eigenvalue weighted by atomic mass is 79.9. The lowest BCUT2D eigenvalue weighted by Crippen LogP contribution is -2.16. The minimum Gasteiger partial charge on any atom is -0.489 e. The fraction of sp³-hybridized carbons (Fsp3) is 0.136. The molecule has 0 saturated heterocycles. The predicted octanol–water partition coefficient (Wildman–Crippen LogP) is 5.61. The average molecular weight is 520 g/mol. The molecule has 2 aromatic heterocycles. The summed E-state index contributed by atoms with van der Waals surface area (Å²) in [6.07, 6.45) is 1.65. The molecule has 0 aliphatic heterocycles. The number of hydrogen-bond acceptors (Lipinski definition) is 5. The molecule has 1 amide bonds. The number of anilines is 1. The van der Waals surface area contributed by atoms with Crippen molar-refractivity contribution in [3.63, 3.8) is 0 Å². The molecule has 7 nitrogen and oxygen atoms in total. The standard InChI is InChI=1S/C22H17BrClFN4O3/c1-13-17(12-31-16-8-6-15(24)7-9-16)20(28-32-13)22(30)26-21-18(23)11-29(27-21)10-14-4-2-3-5-19(14)25/h2-9,11H,10,12H2,1H3,(H,26,27,30). The van der Waals surface area contributed by atoms with Crippen molar-refractivity contribution in [1.29, 1.82) is 0 Å². The Bertz CT molecular complexity index is 1260. The van der Waals surface area contributed by atoms with Crippen LogP contribution in [0.4, 0.5) is 10.2 Å². The molecule has 2 aromatic carbocycles. The van der Waals surface area contributed by atoms with Crippen LogP contribution in [0, 0.1) is 12.7 Å². The minimum atomic E-state index is -0.506. The lowest BCUT2D eigenvalue weighted by Gasteiger charge is -2.07. The molecule has 4 rings (SSSR count). The zero-order valence-electron chi connectivity index (χ0n) is 16.8. The number of amides is 1. The van der Waals surface area contributed by atoms with Gasteiger partial charge in [0, 0.05) is 16.8 Å². The van der Waals surface area contributed by atoms with Gasteiger partial charge in [-0.2, -0.15) is 5.10 Å². The van der Waals surface area contributed by atoms with Gasteiger partial charge in [0.2, 0.25) is 0 Å². The number of aromatic nitrogens is 3. The summed E-state index contributed by atoms with van der Waals surface area (Å²) >= 11 is 9.25. The second-order valence-corrected chi connectivity index (χ2v) is 8.17. The van der Waals surface area contributed by atoms with E-state index in [9.17, 15) is 9.18 Å². The zero-order valence-corrected chi connectivity index (χ0v) is 19.2. The van der Waals surface area contributed by atoms with E-state index in [-0.39, 0.29) is 30.5 Å². The number of carbonyl (C=O) groups is 1. The smallest absolute Gasteiger partial charge is 0.279 e. The summed E-state index contributed by atoms with van der Waals surface area (Å²) in [6.45, 7) is 2.00. The highest BCUT2D eigenvalue weighted by Crippen LogP contribution is 2.24. The number of ether oxygens (including phenoxy) is 1. The first-order valence-electron chi connectivity index (χ1n) is 9.52. The van der Waals surface area contributed by atoms with Gasteiger partial charge in [-0.25, -0.2) is 4.39 Å². The van der Waals surface area contributed by atoms with E-state index in [0.717, 1.165) is 0 Å². The van der Waals surface area contributed by atoms with Crippen molar-refractivity contribution in [2.75, 3.05) is 5.32 Å². The van der Waals surface area contributed by atoms with Crippen molar-refractivity contribution < 1.29 is 18.4 Å². The first kappa shape index (κ1) is 22.0. The maximum absolute atomic E-state index is 13.9. The summed E-state index contributed by atoms with van der Waals surface area (Å²) in [4.78, 5) is 12.8. The van der Waals surface area contributed by atoms with Crippen LogP contribution in [0.1, 0.15) is 27.4 Å². The van der Waals surface area contributed by atoms with E-state index in [1.54, 1.807) is 55.6 Å². The quantitative estimate of drug-likeness (QED) is 0.343. The van der Waals surface area contributed by atoms with Crippen LogP contribution in [0.25, 0.3) is 0 Å². The average Bonchev–Trinajstić information content (AvgIpc) is 3.31. The number of hydrogen-bond donors (Lipinski definition) is 1. The summed E-state index contributed by atoms with van der Waals surface area (Å²) in [7, 11) is 0. The molecule has 10 heteroatoms. The lowest BCUT2D eigenvalue weighted by molar-refractivity contribution is 0.101. The van der Waals surface area contributed by atoms with Gasteiger partial charge in [0.1, 0.15) is 23.9 Å². The number of halogens is 3. The predicted molar refractivity (Wildman–Crippen MR) is 120 cm³/mol. The first-order chi connectivity index (χ1) is 15.4. The van der Waals surface area contributed by atoms with Gasteiger partial charge in [-0.1, -0.05) is 35.0 Å². The van der Waals surface area contributed by atoms with Gasteiger partial charge >= 0.3 is 0 Å². The zero-order chi connectivity index (χ0) is 22.7. The van der Waals surface area contributed by atoms with Crippen LogP contribution in [-0.2, 0) is 13.2 Å². The van der Waals surface area contributed by atoms with Crippen LogP contribution in [0.2, 0.25) is 5.02 Å². The van der Waals surface area contributed by atoms with Gasteiger partial charge in [-0.3, -0.25) is 9.48 Å². The maximum atomic E-state index is 13.9. The minimum absolute atomic E-state index is 0.0859. The van der Waals surface area contributed by atoms with E-state index >= 15 is 0 Å². The van der Waals surface area contributed by atoms with Crippen molar-refractivity contribution >= 4 is 39.3 Å². The number of aryl methyl sites for hydroxylation is 1. The van der Waals surface area contributed by atoms with Crippen molar-refractivity contribution in [2.45, 2.75) is 20.1 Å². The molecule has 4 aromatic rings. The molecule has 0 aliphatic carbocycles. The summed E-state index contributed by atoms with van der Waals surface area (Å²) < 4.78 is 26.9. The molecule has 0 spiro atoms. The largest absolute Gasteiger partial charge is 0.489 e. The van der Waals surface area contributed by atoms with Crippen molar-refractivity contribution in [2.24, 2.45) is 0 Å². The van der Waals surface area contributed by atoms with Crippen LogP contribution in [0.15, 0.2) is 63.7 Å². The lowest BCUT2D eigenvalue weighted by atomic mass is 10.2. The monoisotopic (exact) mass is 518 g/mol. The molecule has 0 unspecified atom stereocenters. The van der Waals surface area contributed by atoms with Crippen LogP contribution in [0.5, 0.6) is 5.75 Å². The Morgan fingerprint density at radius 3 is 2.75 bits per heavy atom. The molecule has 1 N–H and O–H groups in total. The SMILES string of the molecule is Cc1onc(C(=O)Nc2nn(Cc3ccccc3F)cc2Br)c1COc1ccc(Cl)cc1.